The van der Waals surface area contributed by atoms with Gasteiger partial charge in [-0.05, 0) is 19.1 Å². The van der Waals surface area contributed by atoms with Crippen molar-refractivity contribution in [3.63, 3.8) is 0 Å². The van der Waals surface area contributed by atoms with Crippen LogP contribution in [-0.4, -0.2) is 19.8 Å². The highest BCUT2D eigenvalue weighted by molar-refractivity contribution is 7.80. The number of nitrogens with two attached hydrogens (primary N) is 1. The van der Waals surface area contributed by atoms with Gasteiger partial charge in [-0.3, -0.25) is 0 Å². The molecule has 0 aliphatic rings. The zero-order valence-corrected chi connectivity index (χ0v) is 10.1. The Bertz CT molecular complexity index is 530. The maximum absolute atomic E-state index is 5.92. The zero-order valence-electron chi connectivity index (χ0n) is 8.51. The standard InChI is InChI=1S/C10H9ClN4S/c1-6-7(11)5-15(14-6)9-4-2-3-8(13-9)10(12)16/h2-5H,1H3,(H2,12,16). The number of aromatic nitrogens is 3. The summed E-state index contributed by atoms with van der Waals surface area (Å²) >= 11 is 10.8. The van der Waals surface area contributed by atoms with E-state index >= 15 is 0 Å². The van der Waals surface area contributed by atoms with Crippen LogP contribution in [0.3, 0.4) is 0 Å². The molecule has 2 N–H and O–H groups in total. The molecule has 0 aliphatic carbocycles. The molecule has 0 saturated carbocycles. The zero-order chi connectivity index (χ0) is 11.7. The van der Waals surface area contributed by atoms with Gasteiger partial charge in [0.05, 0.1) is 22.6 Å². The Morgan fingerprint density at radius 1 is 1.50 bits per heavy atom. The molecule has 0 aliphatic heterocycles. The Balaban J connectivity index is 2.48. The van der Waals surface area contributed by atoms with E-state index in [0.29, 0.717) is 16.5 Å². The summed E-state index contributed by atoms with van der Waals surface area (Å²) in [6, 6.07) is 5.39. The van der Waals surface area contributed by atoms with Crippen LogP contribution in [0.15, 0.2) is 24.4 Å². The molecular formula is C10H9ClN4S. The van der Waals surface area contributed by atoms with Crippen LogP contribution in [0.5, 0.6) is 0 Å². The topological polar surface area (TPSA) is 56.7 Å². The van der Waals surface area contributed by atoms with Crippen LogP contribution in [0.2, 0.25) is 5.02 Å². The quantitative estimate of drug-likeness (QED) is 0.829. The molecule has 0 amide bonds. The Hall–Kier alpha value is -1.46. The highest BCUT2D eigenvalue weighted by atomic mass is 35.5. The monoisotopic (exact) mass is 252 g/mol. The SMILES string of the molecule is Cc1nn(-c2cccc(C(N)=S)n2)cc1Cl. The minimum Gasteiger partial charge on any atom is -0.388 e. The van der Waals surface area contributed by atoms with Crippen LogP contribution in [0, 0.1) is 6.92 Å². The normalized spacial score (nSPS) is 10.4. The second kappa shape index (κ2) is 4.19. The van der Waals surface area contributed by atoms with Crippen LogP contribution in [0.1, 0.15) is 11.4 Å². The first-order chi connectivity index (χ1) is 7.58. The number of aryl methyl sites for hydroxylation is 1. The number of pyridine rings is 1. The lowest BCUT2D eigenvalue weighted by atomic mass is 10.3. The van der Waals surface area contributed by atoms with Gasteiger partial charge in [-0.25, -0.2) is 9.67 Å². The van der Waals surface area contributed by atoms with E-state index in [1.807, 2.05) is 19.1 Å². The number of hydrogen-bond acceptors (Lipinski definition) is 3. The van der Waals surface area contributed by atoms with Crippen LogP contribution in [0.4, 0.5) is 0 Å². The maximum atomic E-state index is 5.92. The molecule has 0 fully saturated rings. The maximum Gasteiger partial charge on any atom is 0.154 e. The van der Waals surface area contributed by atoms with Crippen molar-refractivity contribution in [2.45, 2.75) is 6.92 Å². The molecule has 0 bridgehead atoms. The summed E-state index contributed by atoms with van der Waals surface area (Å²) in [6.07, 6.45) is 1.70. The predicted octanol–water partition coefficient (Wildman–Crippen LogP) is 1.86. The van der Waals surface area contributed by atoms with Crippen molar-refractivity contribution in [1.82, 2.24) is 14.8 Å². The van der Waals surface area contributed by atoms with Crippen molar-refractivity contribution >= 4 is 28.8 Å². The average Bonchev–Trinajstić information content (AvgIpc) is 2.59. The Morgan fingerprint density at radius 2 is 2.25 bits per heavy atom. The van der Waals surface area contributed by atoms with E-state index in [9.17, 15) is 0 Å². The summed E-state index contributed by atoms with van der Waals surface area (Å²) in [5.41, 5.74) is 6.83. The van der Waals surface area contributed by atoms with Gasteiger partial charge in [-0.2, -0.15) is 5.10 Å². The average molecular weight is 253 g/mol. The molecule has 2 aromatic rings. The molecular weight excluding hydrogens is 244 g/mol. The molecule has 4 nitrogen and oxygen atoms in total. The fourth-order valence-corrected chi connectivity index (χ4v) is 1.49. The number of thiocarbonyl (C=S) groups is 1. The molecule has 2 rings (SSSR count). The minimum atomic E-state index is 0.261. The van der Waals surface area contributed by atoms with Crippen LogP contribution in [0.25, 0.3) is 5.82 Å². The summed E-state index contributed by atoms with van der Waals surface area (Å²) in [7, 11) is 0. The second-order valence-corrected chi connectivity index (χ2v) is 4.10. The molecule has 0 aromatic carbocycles. The number of hydrogen-bond donors (Lipinski definition) is 1. The highest BCUT2D eigenvalue weighted by Gasteiger charge is 2.06. The molecule has 16 heavy (non-hydrogen) atoms. The summed E-state index contributed by atoms with van der Waals surface area (Å²) in [5.74, 6) is 0.639. The molecule has 82 valence electrons. The largest absolute Gasteiger partial charge is 0.388 e. The third-order valence-corrected chi connectivity index (χ3v) is 2.64. The third kappa shape index (κ3) is 2.05. The van der Waals surface area contributed by atoms with Crippen molar-refractivity contribution in [3.05, 3.63) is 40.8 Å². The first-order valence-corrected chi connectivity index (χ1v) is 5.35. The van der Waals surface area contributed by atoms with Gasteiger partial charge >= 0.3 is 0 Å². The van der Waals surface area contributed by atoms with E-state index in [-0.39, 0.29) is 4.99 Å². The number of rotatable bonds is 2. The highest BCUT2D eigenvalue weighted by Crippen LogP contribution is 2.15. The first kappa shape index (κ1) is 11.0. The Kier molecular flexibility index (Phi) is 2.89. The molecule has 6 heteroatoms. The van der Waals surface area contributed by atoms with E-state index in [1.54, 1.807) is 16.9 Å². The first-order valence-electron chi connectivity index (χ1n) is 4.57. The van der Waals surface area contributed by atoms with Gasteiger partial charge in [0.25, 0.3) is 0 Å². The summed E-state index contributed by atoms with van der Waals surface area (Å²) in [4.78, 5) is 4.53. The molecule has 0 spiro atoms. The summed E-state index contributed by atoms with van der Waals surface area (Å²) in [6.45, 7) is 1.83. The predicted molar refractivity (Wildman–Crippen MR) is 67.0 cm³/mol. The van der Waals surface area contributed by atoms with E-state index < -0.39 is 0 Å². The van der Waals surface area contributed by atoms with Crippen LogP contribution < -0.4 is 5.73 Å². The van der Waals surface area contributed by atoms with Gasteiger partial charge in [0, 0.05) is 0 Å². The third-order valence-electron chi connectivity index (χ3n) is 2.06. The fourth-order valence-electron chi connectivity index (χ4n) is 1.24. The van der Waals surface area contributed by atoms with Gasteiger partial charge < -0.3 is 5.73 Å². The van der Waals surface area contributed by atoms with E-state index in [1.165, 1.54) is 0 Å². The van der Waals surface area contributed by atoms with Crippen molar-refractivity contribution < 1.29 is 0 Å². The number of halogens is 1. The van der Waals surface area contributed by atoms with Gasteiger partial charge in [0.1, 0.15) is 4.99 Å². The Labute approximate surface area is 103 Å². The van der Waals surface area contributed by atoms with Crippen molar-refractivity contribution in [1.29, 1.82) is 0 Å². The van der Waals surface area contributed by atoms with Gasteiger partial charge in [-0.15, -0.1) is 0 Å². The lowest BCUT2D eigenvalue weighted by Crippen LogP contribution is -2.13. The minimum absolute atomic E-state index is 0.261. The smallest absolute Gasteiger partial charge is 0.154 e. The second-order valence-electron chi connectivity index (χ2n) is 3.25. The molecule has 0 saturated heterocycles. The van der Waals surface area contributed by atoms with Crippen molar-refractivity contribution in [2.24, 2.45) is 5.73 Å². The van der Waals surface area contributed by atoms with Crippen molar-refractivity contribution in [2.75, 3.05) is 0 Å². The molecule has 0 unspecified atom stereocenters. The number of nitrogens with zero attached hydrogens (tertiary/aromatic N) is 3. The summed E-state index contributed by atoms with van der Waals surface area (Å²) in [5, 5.41) is 4.82. The lowest BCUT2D eigenvalue weighted by molar-refractivity contribution is 0.831. The molecule has 2 heterocycles. The van der Waals surface area contributed by atoms with Gasteiger partial charge in [0.2, 0.25) is 0 Å². The fraction of sp³-hybridized carbons (Fsp3) is 0.100. The van der Waals surface area contributed by atoms with E-state index in [4.69, 9.17) is 29.6 Å². The van der Waals surface area contributed by atoms with Gasteiger partial charge in [0.15, 0.2) is 5.82 Å². The molecule has 2 aromatic heterocycles. The van der Waals surface area contributed by atoms with E-state index in [2.05, 4.69) is 10.1 Å². The van der Waals surface area contributed by atoms with Gasteiger partial charge in [-0.1, -0.05) is 29.9 Å². The van der Waals surface area contributed by atoms with Crippen LogP contribution >= 0.6 is 23.8 Å². The van der Waals surface area contributed by atoms with Crippen molar-refractivity contribution in [3.8, 4) is 5.82 Å². The van der Waals surface area contributed by atoms with Crippen LogP contribution in [-0.2, 0) is 0 Å². The lowest BCUT2D eigenvalue weighted by Gasteiger charge is -2.02. The Morgan fingerprint density at radius 3 is 2.81 bits per heavy atom. The molecule has 0 radical (unpaired) electrons. The van der Waals surface area contributed by atoms with E-state index in [0.717, 1.165) is 5.69 Å². The molecule has 0 atom stereocenters. The summed E-state index contributed by atoms with van der Waals surface area (Å²) < 4.78 is 1.60.